The summed E-state index contributed by atoms with van der Waals surface area (Å²) in [4.78, 5) is 18.0. The number of aryl methyl sites for hydroxylation is 1. The Hall–Kier alpha value is -2.00. The fourth-order valence-corrected chi connectivity index (χ4v) is 2.43. The third-order valence-corrected chi connectivity index (χ3v) is 3.74. The number of aliphatic imine (C=N–C) groups is 1. The maximum Gasteiger partial charge on any atom is 0.227 e. The van der Waals surface area contributed by atoms with Gasteiger partial charge in [-0.3, -0.25) is 10.1 Å². The number of anilines is 1. The molecule has 1 heterocycles. The molecule has 1 N–H and O–H groups in total. The number of amides is 1. The summed E-state index contributed by atoms with van der Waals surface area (Å²) < 4.78 is 0. The molecule has 1 aliphatic rings. The van der Waals surface area contributed by atoms with Gasteiger partial charge in [-0.1, -0.05) is 17.8 Å². The van der Waals surface area contributed by atoms with E-state index in [1.165, 1.54) is 11.8 Å². The molecule has 20 heavy (non-hydrogen) atoms. The first kappa shape index (κ1) is 14.4. The van der Waals surface area contributed by atoms with Gasteiger partial charge in [0, 0.05) is 18.7 Å². The Kier molecular flexibility index (Phi) is 4.64. The predicted octanol–water partition coefficient (Wildman–Crippen LogP) is 2.54. The first-order valence-corrected chi connectivity index (χ1v) is 7.57. The number of amidine groups is 1. The average Bonchev–Trinajstić information content (AvgIpc) is 2.87. The molecule has 5 nitrogen and oxygen atoms in total. The van der Waals surface area contributed by atoms with Crippen LogP contribution in [0.3, 0.4) is 0 Å². The van der Waals surface area contributed by atoms with Gasteiger partial charge < -0.3 is 4.90 Å². The molecule has 0 unspecified atom stereocenters. The number of benzene rings is 1. The molecular weight excluding hydrogens is 272 g/mol. The summed E-state index contributed by atoms with van der Waals surface area (Å²) in [6.45, 7) is 2.72. The molecule has 1 amide bonds. The Morgan fingerprint density at radius 2 is 2.35 bits per heavy atom. The van der Waals surface area contributed by atoms with E-state index in [1.807, 2.05) is 37.6 Å². The molecule has 2 rings (SSSR count). The minimum atomic E-state index is 0.157. The molecule has 0 bridgehead atoms. The molecule has 6 heteroatoms. The summed E-state index contributed by atoms with van der Waals surface area (Å²) in [5.41, 5.74) is 2.65. The van der Waals surface area contributed by atoms with Crippen molar-refractivity contribution < 1.29 is 4.79 Å². The van der Waals surface area contributed by atoms with E-state index in [1.54, 1.807) is 4.90 Å². The molecule has 0 radical (unpaired) electrons. The number of rotatable bonds is 2. The van der Waals surface area contributed by atoms with Gasteiger partial charge in [-0.05, 0) is 37.3 Å². The Labute approximate surface area is 122 Å². The van der Waals surface area contributed by atoms with E-state index in [4.69, 9.17) is 5.26 Å². The monoisotopic (exact) mass is 288 g/mol. The number of nitrogens with one attached hydrogen (secondary N) is 1. The van der Waals surface area contributed by atoms with Gasteiger partial charge in [-0.25, -0.2) is 4.99 Å². The summed E-state index contributed by atoms with van der Waals surface area (Å²) in [5.74, 6) is 0.157. The molecule has 1 saturated heterocycles. The van der Waals surface area contributed by atoms with Crippen molar-refractivity contribution in [2.45, 2.75) is 19.8 Å². The summed E-state index contributed by atoms with van der Waals surface area (Å²) >= 11 is 1.37. The lowest BCUT2D eigenvalue weighted by Crippen LogP contribution is -2.23. The van der Waals surface area contributed by atoms with Crippen LogP contribution in [0.15, 0.2) is 23.2 Å². The van der Waals surface area contributed by atoms with E-state index in [0.717, 1.165) is 29.9 Å². The second-order valence-electron chi connectivity index (χ2n) is 4.48. The second kappa shape index (κ2) is 6.44. The molecule has 0 atom stereocenters. The number of nitrogens with zero attached hydrogens (tertiary/aromatic N) is 3. The molecule has 1 aliphatic heterocycles. The van der Waals surface area contributed by atoms with Crippen molar-refractivity contribution >= 4 is 34.2 Å². The lowest BCUT2D eigenvalue weighted by Gasteiger charge is -2.16. The van der Waals surface area contributed by atoms with Gasteiger partial charge in [0.1, 0.15) is 0 Å². The van der Waals surface area contributed by atoms with Crippen molar-refractivity contribution in [1.82, 2.24) is 5.32 Å². The van der Waals surface area contributed by atoms with Crippen LogP contribution < -0.4 is 10.2 Å². The molecule has 1 aromatic carbocycles. The van der Waals surface area contributed by atoms with Crippen LogP contribution in [0.2, 0.25) is 0 Å². The predicted molar refractivity (Wildman–Crippen MR) is 82.1 cm³/mol. The zero-order chi connectivity index (χ0) is 14.5. The van der Waals surface area contributed by atoms with Gasteiger partial charge in [-0.15, -0.1) is 0 Å². The topological polar surface area (TPSA) is 68.5 Å². The van der Waals surface area contributed by atoms with Crippen LogP contribution in [0.1, 0.15) is 18.4 Å². The van der Waals surface area contributed by atoms with Crippen molar-refractivity contribution in [3.8, 4) is 6.19 Å². The van der Waals surface area contributed by atoms with E-state index in [0.29, 0.717) is 11.6 Å². The van der Waals surface area contributed by atoms with E-state index in [-0.39, 0.29) is 5.91 Å². The molecule has 1 fully saturated rings. The third kappa shape index (κ3) is 3.11. The van der Waals surface area contributed by atoms with Gasteiger partial charge in [0.15, 0.2) is 11.4 Å². The zero-order valence-corrected chi connectivity index (χ0v) is 12.3. The average molecular weight is 288 g/mol. The summed E-state index contributed by atoms with van der Waals surface area (Å²) in [7, 11) is 0. The molecule has 1 aromatic rings. The fraction of sp³-hybridized carbons (Fsp3) is 0.357. The lowest BCUT2D eigenvalue weighted by molar-refractivity contribution is -0.117. The summed E-state index contributed by atoms with van der Waals surface area (Å²) in [5, 5.41) is 11.8. The Balaban J connectivity index is 2.34. The van der Waals surface area contributed by atoms with Crippen molar-refractivity contribution in [3.63, 3.8) is 0 Å². The van der Waals surface area contributed by atoms with Crippen LogP contribution in [0.25, 0.3) is 0 Å². The molecule has 104 valence electrons. The minimum absolute atomic E-state index is 0.157. The lowest BCUT2D eigenvalue weighted by atomic mass is 10.1. The zero-order valence-electron chi connectivity index (χ0n) is 11.5. The molecule has 0 saturated carbocycles. The molecular formula is C14H16N4OS. The minimum Gasteiger partial charge on any atom is -0.312 e. The maximum atomic E-state index is 11.8. The number of carbonyl (C=O) groups excluding carboxylic acids is 1. The van der Waals surface area contributed by atoms with Gasteiger partial charge >= 0.3 is 0 Å². The highest BCUT2D eigenvalue weighted by molar-refractivity contribution is 8.13. The number of hydrogen-bond donors (Lipinski definition) is 1. The standard InChI is InChI=1S/C14H16N4OS/c1-10-5-6-11(18-7-3-4-13(18)19)8-12(10)17-14(20-2)16-9-15/h5-6,8H,3-4,7H2,1-2H3,(H,16,17). The van der Waals surface area contributed by atoms with Crippen molar-refractivity contribution in [3.05, 3.63) is 23.8 Å². The number of thioether (sulfide) groups is 1. The fourth-order valence-electron chi connectivity index (χ4n) is 2.09. The van der Waals surface area contributed by atoms with E-state index in [2.05, 4.69) is 10.3 Å². The van der Waals surface area contributed by atoms with E-state index >= 15 is 0 Å². The molecule has 0 aromatic heterocycles. The Morgan fingerprint density at radius 1 is 1.55 bits per heavy atom. The van der Waals surface area contributed by atoms with Crippen molar-refractivity contribution in [2.75, 3.05) is 17.7 Å². The van der Waals surface area contributed by atoms with Crippen LogP contribution in [0, 0.1) is 18.4 Å². The van der Waals surface area contributed by atoms with E-state index < -0.39 is 0 Å². The van der Waals surface area contributed by atoms with Crippen LogP contribution in [-0.2, 0) is 4.79 Å². The van der Waals surface area contributed by atoms with E-state index in [9.17, 15) is 4.79 Å². The maximum absolute atomic E-state index is 11.8. The highest BCUT2D eigenvalue weighted by Gasteiger charge is 2.22. The van der Waals surface area contributed by atoms with Gasteiger partial charge in [-0.2, -0.15) is 5.26 Å². The smallest absolute Gasteiger partial charge is 0.227 e. The first-order chi connectivity index (χ1) is 9.65. The van der Waals surface area contributed by atoms with Crippen LogP contribution in [-0.4, -0.2) is 23.9 Å². The number of hydrogen-bond acceptors (Lipinski definition) is 4. The van der Waals surface area contributed by atoms with Crippen molar-refractivity contribution in [1.29, 1.82) is 5.26 Å². The van der Waals surface area contributed by atoms with Gasteiger partial charge in [0.2, 0.25) is 5.91 Å². The highest BCUT2D eigenvalue weighted by atomic mass is 32.2. The quantitative estimate of drug-likeness (QED) is 0.393. The van der Waals surface area contributed by atoms with Crippen LogP contribution in [0.5, 0.6) is 0 Å². The molecule has 0 aliphatic carbocycles. The van der Waals surface area contributed by atoms with Crippen molar-refractivity contribution in [2.24, 2.45) is 4.99 Å². The third-order valence-electron chi connectivity index (χ3n) is 3.16. The molecule has 0 spiro atoms. The number of carbonyl (C=O) groups is 1. The number of nitriles is 1. The SMILES string of the molecule is CSC(=Nc1cc(N2CCCC2=O)ccc1C)NC#N. The van der Waals surface area contributed by atoms with Crippen LogP contribution in [0.4, 0.5) is 11.4 Å². The van der Waals surface area contributed by atoms with Crippen LogP contribution >= 0.6 is 11.8 Å². The van der Waals surface area contributed by atoms with Gasteiger partial charge in [0.05, 0.1) is 5.69 Å². The summed E-state index contributed by atoms with van der Waals surface area (Å²) in [6.07, 6.45) is 5.23. The largest absolute Gasteiger partial charge is 0.312 e. The normalized spacial score (nSPS) is 15.3. The first-order valence-electron chi connectivity index (χ1n) is 6.34. The summed E-state index contributed by atoms with van der Waals surface area (Å²) in [6, 6.07) is 5.78. The van der Waals surface area contributed by atoms with Gasteiger partial charge in [0.25, 0.3) is 0 Å². The Bertz CT molecular complexity index is 591. The second-order valence-corrected chi connectivity index (χ2v) is 5.27. The highest BCUT2D eigenvalue weighted by Crippen LogP contribution is 2.29. The Morgan fingerprint density at radius 3 is 2.95 bits per heavy atom.